The van der Waals surface area contributed by atoms with Crippen LogP contribution in [0, 0.1) is 0 Å². The van der Waals surface area contributed by atoms with Crippen molar-refractivity contribution in [1.82, 2.24) is 9.88 Å². The van der Waals surface area contributed by atoms with Gasteiger partial charge in [-0.1, -0.05) is 79.8 Å². The molecule has 0 aliphatic carbocycles. The molecule has 188 valence electrons. The number of anilines is 1. The standard InChI is InChI=1S/C29H33N3O3S/c1-5-31(6-2)18-19-32(29-30-27-24(34-3)16-17-25(35-4)28(27)36-29)26(33)20-21-12-14-23(15-13-21)22-10-8-7-9-11-22/h7-17H,5-6,18-20H2,1-4H3. The molecule has 7 heteroatoms. The highest BCUT2D eigenvalue weighted by atomic mass is 32.1. The van der Waals surface area contributed by atoms with Gasteiger partial charge in [0.1, 0.15) is 21.7 Å². The molecule has 6 nitrogen and oxygen atoms in total. The lowest BCUT2D eigenvalue weighted by Crippen LogP contribution is -2.39. The fourth-order valence-electron chi connectivity index (χ4n) is 4.21. The maximum atomic E-state index is 13.7. The first-order valence-corrected chi connectivity index (χ1v) is 13.1. The third-order valence-corrected chi connectivity index (χ3v) is 7.47. The normalized spacial score (nSPS) is 11.1. The molecule has 1 amide bonds. The van der Waals surface area contributed by atoms with E-state index in [0.717, 1.165) is 46.8 Å². The number of aromatic nitrogens is 1. The summed E-state index contributed by atoms with van der Waals surface area (Å²) >= 11 is 1.46. The minimum Gasteiger partial charge on any atom is -0.495 e. The number of amides is 1. The smallest absolute Gasteiger partial charge is 0.233 e. The van der Waals surface area contributed by atoms with E-state index in [1.165, 1.54) is 11.3 Å². The van der Waals surface area contributed by atoms with E-state index >= 15 is 0 Å². The number of methoxy groups -OCH3 is 2. The number of hydrogen-bond acceptors (Lipinski definition) is 6. The molecular weight excluding hydrogens is 470 g/mol. The van der Waals surface area contributed by atoms with Gasteiger partial charge in [0.15, 0.2) is 5.13 Å². The summed E-state index contributed by atoms with van der Waals surface area (Å²) in [6.07, 6.45) is 0.303. The predicted molar refractivity (Wildman–Crippen MR) is 148 cm³/mol. The van der Waals surface area contributed by atoms with E-state index in [9.17, 15) is 4.79 Å². The molecular formula is C29H33N3O3S. The Morgan fingerprint density at radius 2 is 1.47 bits per heavy atom. The molecule has 0 fully saturated rings. The maximum absolute atomic E-state index is 13.7. The van der Waals surface area contributed by atoms with Crippen LogP contribution in [0.15, 0.2) is 66.7 Å². The van der Waals surface area contributed by atoms with Gasteiger partial charge in [0.05, 0.1) is 20.6 Å². The highest BCUT2D eigenvalue weighted by Gasteiger charge is 2.23. The molecule has 3 aromatic carbocycles. The number of ether oxygens (including phenoxy) is 2. The first kappa shape index (κ1) is 25.7. The SMILES string of the molecule is CCN(CC)CCN(C(=O)Cc1ccc(-c2ccccc2)cc1)c1nc2c(OC)ccc(OC)c2s1. The summed E-state index contributed by atoms with van der Waals surface area (Å²) in [6, 6.07) is 22.2. The Morgan fingerprint density at radius 1 is 0.833 bits per heavy atom. The Bertz CT molecular complexity index is 1240. The zero-order chi connectivity index (χ0) is 25.5. The van der Waals surface area contributed by atoms with Crippen LogP contribution < -0.4 is 14.4 Å². The lowest BCUT2D eigenvalue weighted by Gasteiger charge is -2.24. The quantitative estimate of drug-likeness (QED) is 0.255. The van der Waals surface area contributed by atoms with Gasteiger partial charge in [-0.25, -0.2) is 4.98 Å². The number of nitrogens with zero attached hydrogens (tertiary/aromatic N) is 3. The van der Waals surface area contributed by atoms with Crippen LogP contribution in [0.3, 0.4) is 0 Å². The average Bonchev–Trinajstić information content (AvgIpc) is 3.36. The van der Waals surface area contributed by atoms with Crippen LogP contribution >= 0.6 is 11.3 Å². The molecule has 0 radical (unpaired) electrons. The van der Waals surface area contributed by atoms with Crippen molar-refractivity contribution in [2.75, 3.05) is 45.3 Å². The van der Waals surface area contributed by atoms with Gasteiger partial charge < -0.3 is 14.4 Å². The van der Waals surface area contributed by atoms with Crippen LogP contribution in [0.1, 0.15) is 19.4 Å². The highest BCUT2D eigenvalue weighted by molar-refractivity contribution is 7.22. The van der Waals surface area contributed by atoms with Crippen molar-refractivity contribution < 1.29 is 14.3 Å². The fourth-order valence-corrected chi connectivity index (χ4v) is 5.33. The van der Waals surface area contributed by atoms with Crippen molar-refractivity contribution in [2.24, 2.45) is 0 Å². The molecule has 0 aliphatic rings. The highest BCUT2D eigenvalue weighted by Crippen LogP contribution is 2.40. The maximum Gasteiger partial charge on any atom is 0.233 e. The zero-order valence-corrected chi connectivity index (χ0v) is 22.2. The molecule has 1 heterocycles. The van der Waals surface area contributed by atoms with Gasteiger partial charge in [0.25, 0.3) is 0 Å². The van der Waals surface area contributed by atoms with Crippen LogP contribution in [-0.4, -0.2) is 56.2 Å². The number of benzene rings is 3. The largest absolute Gasteiger partial charge is 0.495 e. The first-order valence-electron chi connectivity index (χ1n) is 12.3. The minimum atomic E-state index is 0.0200. The van der Waals surface area contributed by atoms with Gasteiger partial charge in [0, 0.05) is 13.1 Å². The van der Waals surface area contributed by atoms with Crippen molar-refractivity contribution in [2.45, 2.75) is 20.3 Å². The second-order valence-corrected chi connectivity index (χ2v) is 9.43. The van der Waals surface area contributed by atoms with Crippen molar-refractivity contribution in [3.63, 3.8) is 0 Å². The molecule has 0 spiro atoms. The molecule has 0 bridgehead atoms. The third kappa shape index (κ3) is 5.69. The van der Waals surface area contributed by atoms with E-state index in [4.69, 9.17) is 14.5 Å². The number of fused-ring (bicyclic) bond motifs is 1. The van der Waals surface area contributed by atoms with Crippen LogP contribution in [-0.2, 0) is 11.2 Å². The Labute approximate surface area is 217 Å². The summed E-state index contributed by atoms with van der Waals surface area (Å²) in [5.74, 6) is 1.41. The van der Waals surface area contributed by atoms with Crippen LogP contribution in [0.25, 0.3) is 21.3 Å². The van der Waals surface area contributed by atoms with Crippen molar-refractivity contribution >= 4 is 32.6 Å². The summed E-state index contributed by atoms with van der Waals surface area (Å²) in [7, 11) is 3.27. The van der Waals surface area contributed by atoms with Gasteiger partial charge in [-0.05, 0) is 41.9 Å². The molecule has 4 aromatic rings. The molecule has 0 saturated heterocycles. The van der Waals surface area contributed by atoms with E-state index in [0.29, 0.717) is 29.4 Å². The Balaban J connectivity index is 1.62. The third-order valence-electron chi connectivity index (χ3n) is 6.38. The van der Waals surface area contributed by atoms with Gasteiger partial charge in [-0.3, -0.25) is 9.69 Å². The summed E-state index contributed by atoms with van der Waals surface area (Å²) in [6.45, 7) is 7.47. The molecule has 36 heavy (non-hydrogen) atoms. The minimum absolute atomic E-state index is 0.0200. The predicted octanol–water partition coefficient (Wildman–Crippen LogP) is 5.90. The molecule has 1 aromatic heterocycles. The Morgan fingerprint density at radius 3 is 2.11 bits per heavy atom. The van der Waals surface area contributed by atoms with E-state index in [-0.39, 0.29) is 5.91 Å². The van der Waals surface area contributed by atoms with E-state index < -0.39 is 0 Å². The lowest BCUT2D eigenvalue weighted by molar-refractivity contribution is -0.118. The summed E-state index contributed by atoms with van der Waals surface area (Å²) in [5.41, 5.74) is 3.98. The Hall–Kier alpha value is -3.42. The number of rotatable bonds is 11. The topological polar surface area (TPSA) is 54.9 Å². The van der Waals surface area contributed by atoms with Crippen LogP contribution in [0.2, 0.25) is 0 Å². The Kier molecular flexibility index (Phi) is 8.57. The van der Waals surface area contributed by atoms with Gasteiger partial charge in [-0.15, -0.1) is 0 Å². The summed E-state index contributed by atoms with van der Waals surface area (Å²) in [4.78, 5) is 22.6. The lowest BCUT2D eigenvalue weighted by atomic mass is 10.0. The van der Waals surface area contributed by atoms with Gasteiger partial charge >= 0.3 is 0 Å². The van der Waals surface area contributed by atoms with E-state index in [1.807, 2.05) is 47.4 Å². The van der Waals surface area contributed by atoms with Crippen LogP contribution in [0.4, 0.5) is 5.13 Å². The average molecular weight is 504 g/mol. The van der Waals surface area contributed by atoms with E-state index in [2.05, 4.69) is 43.0 Å². The van der Waals surface area contributed by atoms with Gasteiger partial charge in [0.2, 0.25) is 5.91 Å². The number of hydrogen-bond donors (Lipinski definition) is 0. The van der Waals surface area contributed by atoms with E-state index in [1.54, 1.807) is 14.2 Å². The molecule has 0 saturated carbocycles. The number of carbonyl (C=O) groups excluding carboxylic acids is 1. The number of thiazole rings is 1. The monoisotopic (exact) mass is 503 g/mol. The van der Waals surface area contributed by atoms with Crippen molar-refractivity contribution in [3.8, 4) is 22.6 Å². The van der Waals surface area contributed by atoms with Crippen LogP contribution in [0.5, 0.6) is 11.5 Å². The second kappa shape index (κ2) is 12.0. The number of carbonyl (C=O) groups is 1. The number of likely N-dealkylation sites (N-methyl/N-ethyl adjacent to an activating group) is 1. The second-order valence-electron chi connectivity index (χ2n) is 8.46. The molecule has 0 N–H and O–H groups in total. The van der Waals surface area contributed by atoms with Crippen molar-refractivity contribution in [1.29, 1.82) is 0 Å². The molecule has 0 aliphatic heterocycles. The molecule has 0 atom stereocenters. The fraction of sp³-hybridized carbons (Fsp3) is 0.310. The molecule has 0 unspecified atom stereocenters. The summed E-state index contributed by atoms with van der Waals surface area (Å²) < 4.78 is 12.0. The van der Waals surface area contributed by atoms with Crippen molar-refractivity contribution in [3.05, 3.63) is 72.3 Å². The first-order chi connectivity index (χ1) is 17.6. The summed E-state index contributed by atoms with van der Waals surface area (Å²) in [5, 5.41) is 0.658. The van der Waals surface area contributed by atoms with Gasteiger partial charge in [-0.2, -0.15) is 0 Å². The zero-order valence-electron chi connectivity index (χ0n) is 21.4. The molecule has 4 rings (SSSR count).